The first kappa shape index (κ1) is 11.3. The van der Waals surface area contributed by atoms with Crippen molar-refractivity contribution in [2.75, 3.05) is 0 Å². The molecule has 0 bridgehead atoms. The fourth-order valence-corrected chi connectivity index (χ4v) is 1.29. The average Bonchev–Trinajstić information content (AvgIpc) is 2.17. The van der Waals surface area contributed by atoms with Gasteiger partial charge in [-0.25, -0.2) is 0 Å². The summed E-state index contributed by atoms with van der Waals surface area (Å²) in [6.45, 7) is 4.07. The number of rotatable bonds is 2. The molecule has 1 aromatic carbocycles. The molecule has 0 saturated carbocycles. The second kappa shape index (κ2) is 5.21. The molecule has 0 amide bonds. The second-order valence-electron chi connectivity index (χ2n) is 3.53. The smallest absolute Gasteiger partial charge is 0.315 e. The van der Waals surface area contributed by atoms with E-state index < -0.39 is 5.97 Å². The highest BCUT2D eigenvalue weighted by molar-refractivity contribution is 5.69. The highest BCUT2D eigenvalue weighted by Crippen LogP contribution is 2.10. The Balaban J connectivity index is 2.67. The number of carboxylic acid groups (broad SMARTS) is 1. The van der Waals surface area contributed by atoms with Crippen LogP contribution in [0.3, 0.4) is 0 Å². The fourth-order valence-electron chi connectivity index (χ4n) is 1.29. The molecule has 0 aromatic heterocycles. The van der Waals surface area contributed by atoms with Crippen LogP contribution < -0.4 is 0 Å². The molecule has 0 aliphatic heterocycles. The molecule has 0 fully saturated rings. The second-order valence-corrected chi connectivity index (χ2v) is 3.53. The summed E-state index contributed by atoms with van der Waals surface area (Å²) in [6.07, 6.45) is 0.547. The van der Waals surface area contributed by atoms with Crippen LogP contribution in [0.2, 0.25) is 0 Å². The van der Waals surface area contributed by atoms with Crippen LogP contribution in [0, 0.1) is 25.7 Å². The molecule has 0 heterocycles. The van der Waals surface area contributed by atoms with Gasteiger partial charge in [-0.2, -0.15) is 0 Å². The third-order valence-corrected chi connectivity index (χ3v) is 2.15. The van der Waals surface area contributed by atoms with Gasteiger partial charge in [-0.1, -0.05) is 35.6 Å². The maximum Gasteiger partial charge on any atom is 0.315 e. The fraction of sp³-hybridized carbons (Fsp3) is 0.308. The predicted molar refractivity (Wildman–Crippen MR) is 59.6 cm³/mol. The summed E-state index contributed by atoms with van der Waals surface area (Å²) in [5, 5.41) is 8.41. The monoisotopic (exact) mass is 202 g/mol. The van der Waals surface area contributed by atoms with Gasteiger partial charge in [0.1, 0.15) is 6.42 Å². The molecule has 2 heteroatoms. The van der Waals surface area contributed by atoms with E-state index in [1.165, 1.54) is 16.7 Å². The van der Waals surface area contributed by atoms with Gasteiger partial charge in [0.25, 0.3) is 0 Å². The number of aryl methyl sites for hydroxylation is 2. The first-order valence-corrected chi connectivity index (χ1v) is 4.83. The highest BCUT2D eigenvalue weighted by Gasteiger charge is 1.96. The standard InChI is InChI=1S/C13H14O2/c1-10-7-8-11(2)12(9-10)5-3-4-6-13(14)15/h7-9H,5-6H2,1-2H3,(H,14,15). The van der Waals surface area contributed by atoms with E-state index >= 15 is 0 Å². The normalized spacial score (nSPS) is 9.20. The van der Waals surface area contributed by atoms with E-state index in [2.05, 4.69) is 30.0 Å². The van der Waals surface area contributed by atoms with Crippen molar-refractivity contribution in [3.63, 3.8) is 0 Å². The van der Waals surface area contributed by atoms with E-state index in [0.29, 0.717) is 6.42 Å². The lowest BCUT2D eigenvalue weighted by molar-refractivity contribution is -0.135. The largest absolute Gasteiger partial charge is 0.481 e. The molecule has 15 heavy (non-hydrogen) atoms. The number of carbonyl (C=O) groups is 1. The van der Waals surface area contributed by atoms with E-state index in [9.17, 15) is 4.79 Å². The van der Waals surface area contributed by atoms with Crippen LogP contribution in [-0.4, -0.2) is 11.1 Å². The van der Waals surface area contributed by atoms with Crippen LogP contribution in [0.25, 0.3) is 0 Å². The lowest BCUT2D eigenvalue weighted by Gasteiger charge is -2.02. The Morgan fingerprint density at radius 3 is 2.73 bits per heavy atom. The van der Waals surface area contributed by atoms with Crippen LogP contribution in [0.1, 0.15) is 23.1 Å². The molecule has 0 radical (unpaired) electrons. The van der Waals surface area contributed by atoms with Crippen molar-refractivity contribution in [1.29, 1.82) is 0 Å². The topological polar surface area (TPSA) is 37.3 Å². The van der Waals surface area contributed by atoms with Gasteiger partial charge < -0.3 is 5.11 Å². The Bertz CT molecular complexity index is 422. The van der Waals surface area contributed by atoms with Gasteiger partial charge in [0.05, 0.1) is 0 Å². The van der Waals surface area contributed by atoms with Gasteiger partial charge in [0.15, 0.2) is 0 Å². The van der Waals surface area contributed by atoms with Gasteiger partial charge in [0, 0.05) is 6.42 Å². The van der Waals surface area contributed by atoms with Crippen LogP contribution in [0.5, 0.6) is 0 Å². The predicted octanol–water partition coefficient (Wildman–Crippen LogP) is 2.32. The molecule has 0 aliphatic rings. The van der Waals surface area contributed by atoms with Gasteiger partial charge in [-0.3, -0.25) is 4.79 Å². The minimum atomic E-state index is -0.872. The van der Waals surface area contributed by atoms with Gasteiger partial charge in [0.2, 0.25) is 0 Å². The zero-order chi connectivity index (χ0) is 11.3. The molecule has 0 unspecified atom stereocenters. The van der Waals surface area contributed by atoms with Crippen molar-refractivity contribution >= 4 is 5.97 Å². The van der Waals surface area contributed by atoms with E-state index in [-0.39, 0.29) is 6.42 Å². The Labute approximate surface area is 89.9 Å². The minimum absolute atomic E-state index is 0.0785. The molecule has 0 saturated heterocycles. The molecule has 0 atom stereocenters. The molecule has 78 valence electrons. The first-order valence-electron chi connectivity index (χ1n) is 4.83. The van der Waals surface area contributed by atoms with Crippen LogP contribution in [-0.2, 0) is 11.2 Å². The lowest BCUT2D eigenvalue weighted by atomic mass is 10.0. The van der Waals surface area contributed by atoms with Crippen LogP contribution in [0.15, 0.2) is 18.2 Å². The Hall–Kier alpha value is -1.75. The van der Waals surface area contributed by atoms with E-state index in [1.54, 1.807) is 0 Å². The highest BCUT2D eigenvalue weighted by atomic mass is 16.4. The van der Waals surface area contributed by atoms with Crippen molar-refractivity contribution in [2.45, 2.75) is 26.7 Å². The summed E-state index contributed by atoms with van der Waals surface area (Å²) >= 11 is 0. The average molecular weight is 202 g/mol. The van der Waals surface area contributed by atoms with Crippen molar-refractivity contribution in [3.05, 3.63) is 34.9 Å². The summed E-state index contributed by atoms with van der Waals surface area (Å²) < 4.78 is 0. The van der Waals surface area contributed by atoms with Gasteiger partial charge >= 0.3 is 5.97 Å². The molecule has 1 rings (SSSR count). The first-order chi connectivity index (χ1) is 7.09. The Morgan fingerprint density at radius 1 is 1.33 bits per heavy atom. The van der Waals surface area contributed by atoms with Crippen LogP contribution >= 0.6 is 0 Å². The maximum absolute atomic E-state index is 10.2. The number of aliphatic carboxylic acids is 1. The van der Waals surface area contributed by atoms with Gasteiger partial charge in [-0.05, 0) is 25.0 Å². The Kier molecular flexibility index (Phi) is 3.93. The van der Waals surface area contributed by atoms with Crippen molar-refractivity contribution in [1.82, 2.24) is 0 Å². The summed E-state index contributed by atoms with van der Waals surface area (Å²) in [6, 6.07) is 6.21. The third kappa shape index (κ3) is 3.86. The van der Waals surface area contributed by atoms with Crippen molar-refractivity contribution in [2.24, 2.45) is 0 Å². The number of hydrogen-bond donors (Lipinski definition) is 1. The summed E-state index contributed by atoms with van der Waals surface area (Å²) in [4.78, 5) is 10.2. The van der Waals surface area contributed by atoms with Crippen LogP contribution in [0.4, 0.5) is 0 Å². The number of benzene rings is 1. The molecule has 0 aliphatic carbocycles. The van der Waals surface area contributed by atoms with E-state index in [4.69, 9.17) is 5.11 Å². The molecular weight excluding hydrogens is 188 g/mol. The summed E-state index contributed by atoms with van der Waals surface area (Å²) in [5.41, 5.74) is 3.58. The molecule has 1 aromatic rings. The SMILES string of the molecule is Cc1ccc(C)c(CC#CCC(=O)O)c1. The molecule has 0 spiro atoms. The maximum atomic E-state index is 10.2. The summed E-state index contributed by atoms with van der Waals surface area (Å²) in [7, 11) is 0. The van der Waals surface area contributed by atoms with Gasteiger partial charge in [-0.15, -0.1) is 0 Å². The quantitative estimate of drug-likeness (QED) is 0.747. The molecule has 1 N–H and O–H groups in total. The zero-order valence-electron chi connectivity index (χ0n) is 9.00. The molecular formula is C13H14O2. The van der Waals surface area contributed by atoms with Crippen molar-refractivity contribution in [3.8, 4) is 11.8 Å². The number of hydrogen-bond acceptors (Lipinski definition) is 1. The zero-order valence-corrected chi connectivity index (χ0v) is 9.00. The van der Waals surface area contributed by atoms with Crippen molar-refractivity contribution < 1.29 is 9.90 Å². The minimum Gasteiger partial charge on any atom is -0.481 e. The molecule has 2 nitrogen and oxygen atoms in total. The number of carboxylic acids is 1. The Morgan fingerprint density at radius 2 is 2.07 bits per heavy atom. The third-order valence-electron chi connectivity index (χ3n) is 2.15. The van der Waals surface area contributed by atoms with E-state index in [1.807, 2.05) is 13.8 Å². The summed E-state index contributed by atoms with van der Waals surface area (Å²) in [5.74, 6) is 4.63. The van der Waals surface area contributed by atoms with E-state index in [0.717, 1.165) is 0 Å². The lowest BCUT2D eigenvalue weighted by Crippen LogP contribution is -1.91.